The SMILES string of the molecule is CC(CC1CCC1)Nc1ccccc1-n1cccn1. The van der Waals surface area contributed by atoms with Crippen molar-refractivity contribution in [1.29, 1.82) is 0 Å². The minimum Gasteiger partial charge on any atom is -0.381 e. The third kappa shape index (κ3) is 2.80. The van der Waals surface area contributed by atoms with Crippen LogP contribution in [0.4, 0.5) is 5.69 Å². The standard InChI is InChI=1S/C16H21N3/c1-13(12-14-6-4-7-14)18-15-8-2-3-9-16(15)19-11-5-10-17-19/h2-3,5,8-11,13-14,18H,4,6-7,12H2,1H3. The number of hydrogen-bond donors (Lipinski definition) is 1. The quantitative estimate of drug-likeness (QED) is 0.879. The molecule has 1 aliphatic rings. The molecule has 0 amide bonds. The molecule has 0 spiro atoms. The van der Waals surface area contributed by atoms with Crippen molar-refractivity contribution < 1.29 is 0 Å². The number of para-hydroxylation sites is 2. The topological polar surface area (TPSA) is 29.9 Å². The van der Waals surface area contributed by atoms with Gasteiger partial charge in [0.05, 0.1) is 11.4 Å². The molecule has 0 radical (unpaired) electrons. The molecule has 0 bridgehead atoms. The number of nitrogens with zero attached hydrogens (tertiary/aromatic N) is 2. The lowest BCUT2D eigenvalue weighted by Gasteiger charge is -2.29. The zero-order valence-corrected chi connectivity index (χ0v) is 11.4. The normalized spacial score (nSPS) is 16.9. The number of aromatic nitrogens is 2. The zero-order valence-electron chi connectivity index (χ0n) is 11.4. The Bertz CT molecular complexity index is 515. The molecule has 2 aromatic rings. The van der Waals surface area contributed by atoms with Gasteiger partial charge in [-0.25, -0.2) is 4.68 Å². The lowest BCUT2D eigenvalue weighted by molar-refractivity contribution is 0.286. The van der Waals surface area contributed by atoms with Gasteiger partial charge in [0.2, 0.25) is 0 Å². The Labute approximate surface area is 114 Å². The van der Waals surface area contributed by atoms with Crippen molar-refractivity contribution in [2.24, 2.45) is 5.92 Å². The second kappa shape index (κ2) is 5.47. The highest BCUT2D eigenvalue weighted by atomic mass is 15.3. The van der Waals surface area contributed by atoms with Crippen molar-refractivity contribution >= 4 is 5.69 Å². The maximum absolute atomic E-state index is 4.32. The molecule has 0 aliphatic heterocycles. The van der Waals surface area contributed by atoms with Gasteiger partial charge < -0.3 is 5.32 Å². The van der Waals surface area contributed by atoms with Gasteiger partial charge in [-0.05, 0) is 37.5 Å². The summed E-state index contributed by atoms with van der Waals surface area (Å²) in [5.41, 5.74) is 2.28. The van der Waals surface area contributed by atoms with Gasteiger partial charge in [0.1, 0.15) is 0 Å². The molecule has 3 rings (SSSR count). The van der Waals surface area contributed by atoms with Gasteiger partial charge in [-0.3, -0.25) is 0 Å². The Hall–Kier alpha value is -1.77. The van der Waals surface area contributed by atoms with E-state index in [9.17, 15) is 0 Å². The first-order valence-corrected chi connectivity index (χ1v) is 7.18. The maximum atomic E-state index is 4.32. The van der Waals surface area contributed by atoms with Crippen LogP contribution in [0, 0.1) is 5.92 Å². The molecule has 0 saturated heterocycles. The Kier molecular flexibility index (Phi) is 3.53. The minimum atomic E-state index is 0.516. The summed E-state index contributed by atoms with van der Waals surface area (Å²) in [6.07, 6.45) is 9.31. The number of anilines is 1. The van der Waals surface area contributed by atoms with Crippen LogP contribution in [0.3, 0.4) is 0 Å². The van der Waals surface area contributed by atoms with E-state index in [0.717, 1.165) is 17.3 Å². The number of rotatable bonds is 5. The van der Waals surface area contributed by atoms with Crippen molar-refractivity contribution in [3.05, 3.63) is 42.7 Å². The van der Waals surface area contributed by atoms with E-state index >= 15 is 0 Å². The molecule has 1 atom stereocenters. The summed E-state index contributed by atoms with van der Waals surface area (Å²) < 4.78 is 1.92. The van der Waals surface area contributed by atoms with Crippen LogP contribution >= 0.6 is 0 Å². The third-order valence-electron chi connectivity index (χ3n) is 3.97. The van der Waals surface area contributed by atoms with E-state index in [2.05, 4.69) is 41.6 Å². The Balaban J connectivity index is 1.73. The van der Waals surface area contributed by atoms with Gasteiger partial charge in [0.25, 0.3) is 0 Å². The first kappa shape index (κ1) is 12.3. The minimum absolute atomic E-state index is 0.516. The highest BCUT2D eigenvalue weighted by Crippen LogP contribution is 2.31. The maximum Gasteiger partial charge on any atom is 0.0876 e. The molecule has 1 unspecified atom stereocenters. The average Bonchev–Trinajstić information content (AvgIpc) is 2.88. The molecule has 1 saturated carbocycles. The van der Waals surface area contributed by atoms with E-state index in [1.54, 1.807) is 0 Å². The van der Waals surface area contributed by atoms with Gasteiger partial charge >= 0.3 is 0 Å². The van der Waals surface area contributed by atoms with Crippen LogP contribution in [0.15, 0.2) is 42.7 Å². The summed E-state index contributed by atoms with van der Waals surface area (Å²) in [6, 6.07) is 10.8. The van der Waals surface area contributed by atoms with Crippen LogP contribution in [-0.2, 0) is 0 Å². The molecule has 1 fully saturated rings. The average molecular weight is 255 g/mol. The summed E-state index contributed by atoms with van der Waals surface area (Å²) in [4.78, 5) is 0. The predicted molar refractivity (Wildman–Crippen MR) is 78.6 cm³/mol. The monoisotopic (exact) mass is 255 g/mol. The highest BCUT2D eigenvalue weighted by molar-refractivity contribution is 5.60. The largest absolute Gasteiger partial charge is 0.381 e. The number of benzene rings is 1. The second-order valence-corrected chi connectivity index (χ2v) is 5.55. The second-order valence-electron chi connectivity index (χ2n) is 5.55. The number of hydrogen-bond acceptors (Lipinski definition) is 2. The Morgan fingerprint density at radius 2 is 2.16 bits per heavy atom. The van der Waals surface area contributed by atoms with Crippen LogP contribution in [0.2, 0.25) is 0 Å². The fourth-order valence-corrected chi connectivity index (χ4v) is 2.76. The molecule has 1 N–H and O–H groups in total. The third-order valence-corrected chi connectivity index (χ3v) is 3.97. The summed E-state index contributed by atoms with van der Waals surface area (Å²) in [7, 11) is 0. The van der Waals surface area contributed by atoms with E-state index in [-0.39, 0.29) is 0 Å². The first-order chi connectivity index (χ1) is 9.33. The molecule has 1 aliphatic carbocycles. The molecule has 1 heterocycles. The van der Waals surface area contributed by atoms with Crippen molar-refractivity contribution in [1.82, 2.24) is 9.78 Å². The van der Waals surface area contributed by atoms with Crippen LogP contribution in [0.5, 0.6) is 0 Å². The van der Waals surface area contributed by atoms with Crippen molar-refractivity contribution in [3.8, 4) is 5.69 Å². The van der Waals surface area contributed by atoms with E-state index in [0.29, 0.717) is 6.04 Å². The molecule has 3 nitrogen and oxygen atoms in total. The van der Waals surface area contributed by atoms with Crippen LogP contribution in [-0.4, -0.2) is 15.8 Å². The molecule has 1 aromatic heterocycles. The van der Waals surface area contributed by atoms with Crippen molar-refractivity contribution in [2.45, 2.75) is 38.6 Å². The predicted octanol–water partition coefficient (Wildman–Crippen LogP) is 3.86. The molecule has 19 heavy (non-hydrogen) atoms. The van der Waals surface area contributed by atoms with E-state index < -0.39 is 0 Å². The summed E-state index contributed by atoms with van der Waals surface area (Å²) in [6.45, 7) is 2.28. The molecular formula is C16H21N3. The number of nitrogens with one attached hydrogen (secondary N) is 1. The van der Waals surface area contributed by atoms with Gasteiger partial charge in [0, 0.05) is 18.4 Å². The summed E-state index contributed by atoms with van der Waals surface area (Å²) in [5.74, 6) is 0.930. The van der Waals surface area contributed by atoms with Crippen LogP contribution in [0.25, 0.3) is 5.69 Å². The summed E-state index contributed by atoms with van der Waals surface area (Å²) in [5, 5.41) is 7.96. The van der Waals surface area contributed by atoms with Crippen molar-refractivity contribution in [2.75, 3.05) is 5.32 Å². The zero-order chi connectivity index (χ0) is 13.1. The van der Waals surface area contributed by atoms with Gasteiger partial charge in [-0.15, -0.1) is 0 Å². The van der Waals surface area contributed by atoms with Crippen molar-refractivity contribution in [3.63, 3.8) is 0 Å². The smallest absolute Gasteiger partial charge is 0.0876 e. The van der Waals surface area contributed by atoms with Crippen LogP contribution < -0.4 is 5.32 Å². The van der Waals surface area contributed by atoms with Gasteiger partial charge in [-0.2, -0.15) is 5.10 Å². The van der Waals surface area contributed by atoms with E-state index in [1.165, 1.54) is 25.7 Å². The Morgan fingerprint density at radius 1 is 1.32 bits per heavy atom. The van der Waals surface area contributed by atoms with Gasteiger partial charge in [0.15, 0.2) is 0 Å². The molecular weight excluding hydrogens is 234 g/mol. The highest BCUT2D eigenvalue weighted by Gasteiger charge is 2.20. The molecule has 1 aromatic carbocycles. The fraction of sp³-hybridized carbons (Fsp3) is 0.438. The van der Waals surface area contributed by atoms with E-state index in [4.69, 9.17) is 0 Å². The van der Waals surface area contributed by atoms with Gasteiger partial charge in [-0.1, -0.05) is 31.4 Å². The Morgan fingerprint density at radius 3 is 2.84 bits per heavy atom. The lowest BCUT2D eigenvalue weighted by atomic mass is 9.81. The summed E-state index contributed by atoms with van der Waals surface area (Å²) >= 11 is 0. The molecule has 100 valence electrons. The first-order valence-electron chi connectivity index (χ1n) is 7.18. The van der Waals surface area contributed by atoms with Crippen LogP contribution in [0.1, 0.15) is 32.6 Å². The lowest BCUT2D eigenvalue weighted by Crippen LogP contribution is -2.23. The molecule has 3 heteroatoms. The fourth-order valence-electron chi connectivity index (χ4n) is 2.76. The van der Waals surface area contributed by atoms with E-state index in [1.807, 2.05) is 23.1 Å².